The van der Waals surface area contributed by atoms with Crippen molar-refractivity contribution in [1.82, 2.24) is 4.90 Å². The van der Waals surface area contributed by atoms with Crippen molar-refractivity contribution >= 4 is 33.0 Å². The fraction of sp³-hybridized carbons (Fsp3) is 0.364. The molecule has 0 atom stereocenters. The summed E-state index contributed by atoms with van der Waals surface area (Å²) < 4.78 is 28.3. The predicted octanol–water partition coefficient (Wildman–Crippen LogP) is 1.78. The van der Waals surface area contributed by atoms with Crippen LogP contribution >= 0.6 is 0 Å². The molecule has 31 heavy (non-hydrogen) atoms. The highest BCUT2D eigenvalue weighted by atomic mass is 32.2. The van der Waals surface area contributed by atoms with Gasteiger partial charge in [-0.25, -0.2) is 8.42 Å². The van der Waals surface area contributed by atoms with Gasteiger partial charge in [0.05, 0.1) is 25.5 Å². The largest absolute Gasteiger partial charge is 0.378 e. The number of carbonyl (C=O) groups is 2. The van der Waals surface area contributed by atoms with Gasteiger partial charge in [0.25, 0.3) is 5.91 Å². The first-order valence-corrected chi connectivity index (χ1v) is 12.0. The fourth-order valence-corrected chi connectivity index (χ4v) is 4.17. The minimum atomic E-state index is -3.20. The van der Waals surface area contributed by atoms with Crippen molar-refractivity contribution in [2.75, 3.05) is 56.4 Å². The Balaban J connectivity index is 1.56. The number of amides is 2. The van der Waals surface area contributed by atoms with Gasteiger partial charge in [0.2, 0.25) is 5.91 Å². The summed E-state index contributed by atoms with van der Waals surface area (Å²) in [5, 5.41) is 2.80. The van der Waals surface area contributed by atoms with E-state index >= 15 is 0 Å². The average Bonchev–Trinajstić information content (AvgIpc) is 2.73. The van der Waals surface area contributed by atoms with Crippen LogP contribution in [0.25, 0.3) is 0 Å². The first-order chi connectivity index (χ1) is 14.7. The number of ether oxygens (including phenoxy) is 1. The second-order valence-corrected chi connectivity index (χ2v) is 9.77. The average molecular weight is 446 g/mol. The third-order valence-electron chi connectivity index (χ3n) is 4.86. The number of nitrogens with zero attached hydrogens (tertiary/aromatic N) is 2. The van der Waals surface area contributed by atoms with Gasteiger partial charge in [-0.05, 0) is 42.0 Å². The van der Waals surface area contributed by atoms with Crippen LogP contribution in [0.3, 0.4) is 0 Å². The van der Waals surface area contributed by atoms with Crippen LogP contribution in [0.4, 0.5) is 11.4 Å². The zero-order chi connectivity index (χ0) is 22.4. The van der Waals surface area contributed by atoms with Crippen molar-refractivity contribution in [1.29, 1.82) is 0 Å². The lowest BCUT2D eigenvalue weighted by atomic mass is 10.1. The third kappa shape index (κ3) is 6.80. The van der Waals surface area contributed by atoms with Crippen molar-refractivity contribution in [2.24, 2.45) is 0 Å². The number of sulfone groups is 1. The number of likely N-dealkylation sites (N-methyl/N-ethyl adjacent to an activating group) is 1. The number of morpholine rings is 1. The van der Waals surface area contributed by atoms with Crippen LogP contribution in [0.5, 0.6) is 0 Å². The van der Waals surface area contributed by atoms with Gasteiger partial charge in [0.1, 0.15) is 0 Å². The van der Waals surface area contributed by atoms with Gasteiger partial charge < -0.3 is 19.9 Å². The monoisotopic (exact) mass is 445 g/mol. The molecular formula is C22H27N3O5S. The molecule has 0 unspecified atom stereocenters. The van der Waals surface area contributed by atoms with Crippen molar-refractivity contribution in [2.45, 2.75) is 5.75 Å². The predicted molar refractivity (Wildman–Crippen MR) is 120 cm³/mol. The van der Waals surface area contributed by atoms with Crippen molar-refractivity contribution in [3.63, 3.8) is 0 Å². The fourth-order valence-electron chi connectivity index (χ4n) is 3.38. The highest BCUT2D eigenvalue weighted by molar-refractivity contribution is 7.89. The molecule has 9 heteroatoms. The number of hydrogen-bond acceptors (Lipinski definition) is 6. The SMILES string of the molecule is CN(CC(=O)Nc1ccc(N2CCOCC2)cc1)C(=O)c1cccc(CS(C)(=O)=O)c1. The van der Waals surface area contributed by atoms with Crippen LogP contribution in [0, 0.1) is 0 Å². The Morgan fingerprint density at radius 2 is 1.77 bits per heavy atom. The lowest BCUT2D eigenvalue weighted by Gasteiger charge is -2.28. The van der Waals surface area contributed by atoms with E-state index in [2.05, 4.69) is 10.2 Å². The maximum atomic E-state index is 12.7. The van der Waals surface area contributed by atoms with E-state index in [1.807, 2.05) is 24.3 Å². The second kappa shape index (κ2) is 9.93. The third-order valence-corrected chi connectivity index (χ3v) is 5.72. The van der Waals surface area contributed by atoms with Crippen LogP contribution < -0.4 is 10.2 Å². The van der Waals surface area contributed by atoms with E-state index in [-0.39, 0.29) is 24.1 Å². The summed E-state index contributed by atoms with van der Waals surface area (Å²) in [4.78, 5) is 28.6. The van der Waals surface area contributed by atoms with Crippen LogP contribution in [0.15, 0.2) is 48.5 Å². The Morgan fingerprint density at radius 3 is 2.42 bits per heavy atom. The summed E-state index contributed by atoms with van der Waals surface area (Å²) in [5.74, 6) is -0.811. The molecule has 0 radical (unpaired) electrons. The van der Waals surface area contributed by atoms with E-state index < -0.39 is 9.84 Å². The summed E-state index contributed by atoms with van der Waals surface area (Å²) in [6.07, 6.45) is 1.14. The summed E-state index contributed by atoms with van der Waals surface area (Å²) in [7, 11) is -1.67. The molecule has 0 aromatic heterocycles. The second-order valence-electron chi connectivity index (χ2n) is 7.63. The zero-order valence-corrected chi connectivity index (χ0v) is 18.5. The number of carbonyl (C=O) groups excluding carboxylic acids is 2. The molecule has 0 spiro atoms. The van der Waals surface area contributed by atoms with Crippen molar-refractivity contribution in [3.05, 3.63) is 59.7 Å². The minimum Gasteiger partial charge on any atom is -0.378 e. The maximum absolute atomic E-state index is 12.7. The van der Waals surface area contributed by atoms with E-state index in [4.69, 9.17) is 4.74 Å². The lowest BCUT2D eigenvalue weighted by molar-refractivity contribution is -0.116. The van der Waals surface area contributed by atoms with E-state index in [0.717, 1.165) is 25.0 Å². The first-order valence-electron chi connectivity index (χ1n) is 9.96. The maximum Gasteiger partial charge on any atom is 0.254 e. The number of anilines is 2. The molecule has 2 aromatic rings. The molecule has 3 rings (SSSR count). The van der Waals surface area contributed by atoms with E-state index in [1.165, 1.54) is 11.9 Å². The highest BCUT2D eigenvalue weighted by Crippen LogP contribution is 2.19. The van der Waals surface area contributed by atoms with E-state index in [1.54, 1.807) is 24.3 Å². The van der Waals surface area contributed by atoms with Gasteiger partial charge in [-0.3, -0.25) is 9.59 Å². The van der Waals surface area contributed by atoms with Gasteiger partial charge in [0.15, 0.2) is 9.84 Å². The molecule has 2 amide bonds. The molecule has 8 nitrogen and oxygen atoms in total. The zero-order valence-electron chi connectivity index (χ0n) is 17.7. The number of hydrogen-bond donors (Lipinski definition) is 1. The number of nitrogens with one attached hydrogen (secondary N) is 1. The van der Waals surface area contributed by atoms with Gasteiger partial charge in [-0.2, -0.15) is 0 Å². The summed E-state index contributed by atoms with van der Waals surface area (Å²) >= 11 is 0. The Kier molecular flexibility index (Phi) is 7.29. The Morgan fingerprint density at radius 1 is 1.10 bits per heavy atom. The van der Waals surface area contributed by atoms with Crippen LogP contribution in [-0.2, 0) is 25.1 Å². The number of benzene rings is 2. The molecule has 1 heterocycles. The van der Waals surface area contributed by atoms with E-state index in [0.29, 0.717) is 30.0 Å². The highest BCUT2D eigenvalue weighted by Gasteiger charge is 2.17. The molecule has 1 aliphatic rings. The van der Waals surface area contributed by atoms with Gasteiger partial charge in [0, 0.05) is 43.3 Å². The van der Waals surface area contributed by atoms with Crippen LogP contribution in [0.2, 0.25) is 0 Å². The first kappa shape index (κ1) is 22.8. The minimum absolute atomic E-state index is 0.125. The summed E-state index contributed by atoms with van der Waals surface area (Å²) in [5.41, 5.74) is 2.60. The van der Waals surface area contributed by atoms with Crippen molar-refractivity contribution in [3.8, 4) is 0 Å². The van der Waals surface area contributed by atoms with Gasteiger partial charge >= 0.3 is 0 Å². The van der Waals surface area contributed by atoms with Crippen LogP contribution in [-0.4, -0.2) is 71.3 Å². The van der Waals surface area contributed by atoms with Crippen LogP contribution in [0.1, 0.15) is 15.9 Å². The molecule has 0 bridgehead atoms. The summed E-state index contributed by atoms with van der Waals surface area (Å²) in [6, 6.07) is 14.0. The molecule has 0 saturated carbocycles. The topological polar surface area (TPSA) is 96.0 Å². The smallest absolute Gasteiger partial charge is 0.254 e. The Bertz CT molecular complexity index is 1030. The summed E-state index contributed by atoms with van der Waals surface area (Å²) in [6.45, 7) is 2.96. The molecule has 166 valence electrons. The van der Waals surface area contributed by atoms with Gasteiger partial charge in [-0.1, -0.05) is 12.1 Å². The van der Waals surface area contributed by atoms with E-state index in [9.17, 15) is 18.0 Å². The molecular weight excluding hydrogens is 418 g/mol. The Labute approximate surface area is 182 Å². The lowest BCUT2D eigenvalue weighted by Crippen LogP contribution is -2.36. The number of rotatable bonds is 7. The Hall–Kier alpha value is -2.91. The van der Waals surface area contributed by atoms with Crippen molar-refractivity contribution < 1.29 is 22.7 Å². The molecule has 2 aromatic carbocycles. The molecule has 1 saturated heterocycles. The van der Waals surface area contributed by atoms with Gasteiger partial charge in [-0.15, -0.1) is 0 Å². The quantitative estimate of drug-likeness (QED) is 0.698. The molecule has 0 aliphatic carbocycles. The molecule has 1 N–H and O–H groups in total. The molecule has 1 aliphatic heterocycles. The molecule has 1 fully saturated rings. The normalized spacial score (nSPS) is 14.2. The standard InChI is InChI=1S/C22H27N3O5S/c1-24(22(27)18-5-3-4-17(14-18)16-31(2,28)29)15-21(26)23-19-6-8-20(9-7-19)25-10-12-30-13-11-25/h3-9,14H,10-13,15-16H2,1-2H3,(H,23,26).